The zero-order valence-corrected chi connectivity index (χ0v) is 16.9. The van der Waals surface area contributed by atoms with Gasteiger partial charge in [0.2, 0.25) is 5.91 Å². The molecule has 0 bridgehead atoms. The summed E-state index contributed by atoms with van der Waals surface area (Å²) >= 11 is 0. The summed E-state index contributed by atoms with van der Waals surface area (Å²) in [4.78, 5) is 38.1. The Morgan fingerprint density at radius 2 is 1.80 bits per heavy atom. The Kier molecular flexibility index (Phi) is 4.86. The maximum atomic E-state index is 12.7. The molecule has 0 aliphatic rings. The summed E-state index contributed by atoms with van der Waals surface area (Å²) in [7, 11) is 0. The van der Waals surface area contributed by atoms with Gasteiger partial charge in [-0.15, -0.1) is 0 Å². The second-order valence-electron chi connectivity index (χ2n) is 7.87. The van der Waals surface area contributed by atoms with Gasteiger partial charge >= 0.3 is 0 Å². The lowest BCUT2D eigenvalue weighted by Gasteiger charge is -2.13. The Morgan fingerprint density at radius 3 is 2.53 bits per heavy atom. The molecule has 1 N–H and O–H groups in total. The van der Waals surface area contributed by atoms with Gasteiger partial charge in [-0.25, -0.2) is 15.0 Å². The third-order valence-electron chi connectivity index (χ3n) is 4.53. The number of para-hydroxylation sites is 1. The summed E-state index contributed by atoms with van der Waals surface area (Å²) in [6.07, 6.45) is 4.59. The molecular formula is C21H21N7O2. The van der Waals surface area contributed by atoms with Crippen molar-refractivity contribution >= 4 is 22.6 Å². The normalized spacial score (nSPS) is 11.6. The molecule has 30 heavy (non-hydrogen) atoms. The van der Waals surface area contributed by atoms with Crippen LogP contribution in [0.5, 0.6) is 0 Å². The molecule has 1 amide bonds. The first-order valence-corrected chi connectivity index (χ1v) is 9.45. The number of nitrogens with one attached hydrogen (secondary N) is 1. The molecule has 0 aliphatic heterocycles. The van der Waals surface area contributed by atoms with Crippen LogP contribution in [0.2, 0.25) is 0 Å². The minimum Gasteiger partial charge on any atom is -0.309 e. The van der Waals surface area contributed by atoms with Crippen LogP contribution in [0.4, 0.5) is 5.82 Å². The summed E-state index contributed by atoms with van der Waals surface area (Å²) in [5.74, 6) is 0.387. The third kappa shape index (κ3) is 3.82. The van der Waals surface area contributed by atoms with Crippen LogP contribution in [0.1, 0.15) is 26.5 Å². The van der Waals surface area contributed by atoms with Crippen molar-refractivity contribution in [2.45, 2.75) is 32.7 Å². The highest BCUT2D eigenvalue weighted by Crippen LogP contribution is 2.25. The molecule has 9 nitrogen and oxygen atoms in total. The van der Waals surface area contributed by atoms with E-state index >= 15 is 0 Å². The maximum Gasteiger partial charge on any atom is 0.261 e. The number of anilines is 1. The van der Waals surface area contributed by atoms with Crippen LogP contribution in [-0.4, -0.2) is 35.2 Å². The molecule has 4 rings (SSSR count). The average Bonchev–Trinajstić information content (AvgIpc) is 3.15. The van der Waals surface area contributed by atoms with Crippen LogP contribution in [0, 0.1) is 0 Å². The first kappa shape index (κ1) is 19.4. The van der Waals surface area contributed by atoms with Gasteiger partial charge in [0.15, 0.2) is 0 Å². The molecule has 0 aliphatic carbocycles. The van der Waals surface area contributed by atoms with E-state index in [1.165, 1.54) is 15.6 Å². The molecule has 0 radical (unpaired) electrons. The summed E-state index contributed by atoms with van der Waals surface area (Å²) in [5, 5.41) is 7.85. The number of amides is 1. The molecule has 3 aromatic heterocycles. The predicted molar refractivity (Wildman–Crippen MR) is 112 cm³/mol. The molecule has 1 aromatic carbocycles. The second-order valence-corrected chi connectivity index (χ2v) is 7.87. The van der Waals surface area contributed by atoms with Crippen molar-refractivity contribution in [3.63, 3.8) is 0 Å². The number of hydrogen-bond donors (Lipinski definition) is 1. The van der Waals surface area contributed by atoms with E-state index in [2.05, 4.69) is 25.4 Å². The molecule has 0 saturated heterocycles. The van der Waals surface area contributed by atoms with E-state index < -0.39 is 0 Å². The number of nitrogens with zero attached hydrogens (tertiary/aromatic N) is 6. The van der Waals surface area contributed by atoms with Gasteiger partial charge in [-0.3, -0.25) is 14.2 Å². The van der Waals surface area contributed by atoms with Crippen molar-refractivity contribution < 1.29 is 4.79 Å². The van der Waals surface area contributed by atoms with Crippen LogP contribution in [0.3, 0.4) is 0 Å². The van der Waals surface area contributed by atoms with E-state index in [1.54, 1.807) is 42.7 Å². The van der Waals surface area contributed by atoms with E-state index in [1.807, 2.05) is 26.8 Å². The number of carbonyl (C=O) groups excluding carboxylic acids is 1. The van der Waals surface area contributed by atoms with Crippen molar-refractivity contribution in [3.8, 4) is 5.95 Å². The van der Waals surface area contributed by atoms with E-state index in [0.29, 0.717) is 22.7 Å². The first-order valence-electron chi connectivity index (χ1n) is 9.45. The SMILES string of the molecule is CC(C)(C)c1cc(NC(=O)Cn2cnc3ccccc3c2=O)n(-c2ncccn2)n1. The molecule has 152 valence electrons. The average molecular weight is 403 g/mol. The highest BCUT2D eigenvalue weighted by atomic mass is 16.2. The molecule has 0 atom stereocenters. The quantitative estimate of drug-likeness (QED) is 0.560. The fraction of sp³-hybridized carbons (Fsp3) is 0.238. The molecule has 0 unspecified atom stereocenters. The topological polar surface area (TPSA) is 108 Å². The van der Waals surface area contributed by atoms with Crippen molar-refractivity contribution in [1.29, 1.82) is 0 Å². The van der Waals surface area contributed by atoms with Crippen LogP contribution in [0.25, 0.3) is 16.9 Å². The van der Waals surface area contributed by atoms with Crippen molar-refractivity contribution in [2.24, 2.45) is 0 Å². The largest absolute Gasteiger partial charge is 0.309 e. The first-order chi connectivity index (χ1) is 14.3. The van der Waals surface area contributed by atoms with Gasteiger partial charge in [-0.05, 0) is 18.2 Å². The van der Waals surface area contributed by atoms with Gasteiger partial charge in [0.1, 0.15) is 12.4 Å². The van der Waals surface area contributed by atoms with Gasteiger partial charge in [0, 0.05) is 23.9 Å². The fourth-order valence-corrected chi connectivity index (χ4v) is 2.95. The van der Waals surface area contributed by atoms with E-state index in [-0.39, 0.29) is 23.4 Å². The molecule has 0 fully saturated rings. The monoisotopic (exact) mass is 403 g/mol. The number of carbonyl (C=O) groups is 1. The standard InChI is InChI=1S/C21H21N7O2/c1-21(2,3)16-11-17(28(26-16)20-22-9-6-10-23-20)25-18(29)12-27-13-24-15-8-5-4-7-14(15)19(27)30/h4-11,13H,12H2,1-3H3,(H,25,29). The Labute approximate surface area is 172 Å². The number of fused-ring (bicyclic) bond motifs is 1. The van der Waals surface area contributed by atoms with E-state index in [0.717, 1.165) is 5.69 Å². The van der Waals surface area contributed by atoms with Crippen molar-refractivity contribution in [2.75, 3.05) is 5.32 Å². The highest BCUT2D eigenvalue weighted by molar-refractivity contribution is 5.90. The summed E-state index contributed by atoms with van der Waals surface area (Å²) in [5.41, 5.74) is 0.854. The number of rotatable bonds is 4. The maximum absolute atomic E-state index is 12.7. The van der Waals surface area contributed by atoms with Gasteiger partial charge in [0.25, 0.3) is 11.5 Å². The molecule has 4 aromatic rings. The van der Waals surface area contributed by atoms with Gasteiger partial charge in [-0.2, -0.15) is 9.78 Å². The molecule has 9 heteroatoms. The lowest BCUT2D eigenvalue weighted by molar-refractivity contribution is -0.116. The fourth-order valence-electron chi connectivity index (χ4n) is 2.95. The van der Waals surface area contributed by atoms with Gasteiger partial charge in [-0.1, -0.05) is 32.9 Å². The van der Waals surface area contributed by atoms with Crippen LogP contribution in [-0.2, 0) is 16.8 Å². The van der Waals surface area contributed by atoms with Gasteiger partial charge in [0.05, 0.1) is 22.9 Å². The molecule has 3 heterocycles. The Balaban J connectivity index is 1.64. The van der Waals surface area contributed by atoms with Crippen LogP contribution in [0.15, 0.2) is 59.9 Å². The highest BCUT2D eigenvalue weighted by Gasteiger charge is 2.22. The minimum absolute atomic E-state index is 0.178. The smallest absolute Gasteiger partial charge is 0.261 e. The summed E-state index contributed by atoms with van der Waals surface area (Å²) in [6.45, 7) is 5.90. The van der Waals surface area contributed by atoms with Crippen molar-refractivity contribution in [1.82, 2.24) is 29.3 Å². The molecule has 0 spiro atoms. The Morgan fingerprint density at radius 1 is 1.07 bits per heavy atom. The van der Waals surface area contributed by atoms with Crippen LogP contribution >= 0.6 is 0 Å². The minimum atomic E-state index is -0.383. The lowest BCUT2D eigenvalue weighted by atomic mass is 9.92. The van der Waals surface area contributed by atoms with E-state index in [9.17, 15) is 9.59 Å². The Bertz CT molecular complexity index is 1270. The number of benzene rings is 1. The summed E-state index contributed by atoms with van der Waals surface area (Å²) < 4.78 is 2.77. The zero-order chi connectivity index (χ0) is 21.3. The number of hydrogen-bond acceptors (Lipinski definition) is 6. The second kappa shape index (κ2) is 7.51. The molecular weight excluding hydrogens is 382 g/mol. The van der Waals surface area contributed by atoms with Crippen molar-refractivity contribution in [3.05, 3.63) is 71.2 Å². The zero-order valence-electron chi connectivity index (χ0n) is 16.9. The third-order valence-corrected chi connectivity index (χ3v) is 4.53. The lowest BCUT2D eigenvalue weighted by Crippen LogP contribution is -2.28. The Hall–Kier alpha value is -3.88. The molecule has 0 saturated carbocycles. The number of aromatic nitrogens is 6. The van der Waals surface area contributed by atoms with Crippen LogP contribution < -0.4 is 10.9 Å². The predicted octanol–water partition coefficient (Wildman–Crippen LogP) is 2.31. The van der Waals surface area contributed by atoms with E-state index in [4.69, 9.17) is 0 Å². The van der Waals surface area contributed by atoms with Gasteiger partial charge < -0.3 is 5.32 Å². The summed E-state index contributed by atoms with van der Waals surface area (Å²) in [6, 6.07) is 10.5.